The molecule has 5 heteroatoms. The van der Waals surface area contributed by atoms with Gasteiger partial charge >= 0.3 is 5.97 Å². The molecule has 5 nitrogen and oxygen atoms in total. The number of hydrogen-bond acceptors (Lipinski definition) is 3. The lowest BCUT2D eigenvalue weighted by Gasteiger charge is -2.22. The second-order valence-electron chi connectivity index (χ2n) is 4.79. The van der Waals surface area contributed by atoms with Gasteiger partial charge in [-0.05, 0) is 31.4 Å². The fraction of sp³-hybridized carbons (Fsp3) is 0.500. The van der Waals surface area contributed by atoms with Gasteiger partial charge in [-0.1, -0.05) is 13.3 Å². The third-order valence-corrected chi connectivity index (χ3v) is 3.24. The first-order chi connectivity index (χ1) is 9.15. The average Bonchev–Trinajstić information content (AvgIpc) is 3.23. The van der Waals surface area contributed by atoms with Gasteiger partial charge in [0.1, 0.15) is 5.69 Å². The van der Waals surface area contributed by atoms with Gasteiger partial charge in [0.05, 0.1) is 5.56 Å². The van der Waals surface area contributed by atoms with E-state index in [2.05, 4.69) is 11.9 Å². The van der Waals surface area contributed by atoms with Gasteiger partial charge in [-0.3, -0.25) is 9.78 Å². The van der Waals surface area contributed by atoms with E-state index in [0.717, 1.165) is 25.7 Å². The summed E-state index contributed by atoms with van der Waals surface area (Å²) in [6.07, 6.45) is 5.40. The van der Waals surface area contributed by atoms with E-state index < -0.39 is 5.97 Å². The normalized spacial score (nSPS) is 14.2. The first kappa shape index (κ1) is 13.5. The molecule has 1 saturated carbocycles. The monoisotopic (exact) mass is 262 g/mol. The molecule has 0 bridgehead atoms. The van der Waals surface area contributed by atoms with Gasteiger partial charge in [-0.15, -0.1) is 0 Å². The Morgan fingerprint density at radius 3 is 2.79 bits per heavy atom. The van der Waals surface area contributed by atoms with Crippen molar-refractivity contribution in [2.45, 2.75) is 38.6 Å². The van der Waals surface area contributed by atoms with Gasteiger partial charge in [0.25, 0.3) is 5.91 Å². The Kier molecular flexibility index (Phi) is 4.14. The third kappa shape index (κ3) is 3.10. The molecule has 0 spiro atoms. The van der Waals surface area contributed by atoms with E-state index in [0.29, 0.717) is 6.54 Å². The largest absolute Gasteiger partial charge is 0.478 e. The number of carboxylic acids is 1. The van der Waals surface area contributed by atoms with Crippen LogP contribution in [0.2, 0.25) is 0 Å². The predicted molar refractivity (Wildman–Crippen MR) is 70.2 cm³/mol. The van der Waals surface area contributed by atoms with Crippen molar-refractivity contribution in [3.63, 3.8) is 0 Å². The van der Waals surface area contributed by atoms with Crippen LogP contribution in [-0.2, 0) is 0 Å². The average molecular weight is 262 g/mol. The molecule has 1 N–H and O–H groups in total. The van der Waals surface area contributed by atoms with Crippen LogP contribution in [-0.4, -0.2) is 39.5 Å². The highest BCUT2D eigenvalue weighted by molar-refractivity contribution is 6.03. The maximum atomic E-state index is 12.5. The molecular weight excluding hydrogens is 244 g/mol. The van der Waals surface area contributed by atoms with E-state index >= 15 is 0 Å². The van der Waals surface area contributed by atoms with Crippen molar-refractivity contribution in [2.24, 2.45) is 0 Å². The highest BCUT2D eigenvalue weighted by Crippen LogP contribution is 2.28. The molecule has 1 aliphatic rings. The minimum atomic E-state index is -1.11. The summed E-state index contributed by atoms with van der Waals surface area (Å²) in [7, 11) is 0. The number of carbonyl (C=O) groups excluding carboxylic acids is 1. The van der Waals surface area contributed by atoms with E-state index in [1.54, 1.807) is 4.90 Å². The summed E-state index contributed by atoms with van der Waals surface area (Å²) < 4.78 is 0. The molecule has 0 radical (unpaired) electrons. The lowest BCUT2D eigenvalue weighted by Crippen LogP contribution is -2.35. The zero-order valence-corrected chi connectivity index (χ0v) is 11.0. The van der Waals surface area contributed by atoms with Gasteiger partial charge in [0.2, 0.25) is 0 Å². The van der Waals surface area contributed by atoms with E-state index in [9.17, 15) is 9.59 Å². The van der Waals surface area contributed by atoms with Crippen molar-refractivity contribution in [3.05, 3.63) is 29.6 Å². The Hall–Kier alpha value is -1.91. The molecule has 0 unspecified atom stereocenters. The number of hydrogen-bond donors (Lipinski definition) is 1. The minimum Gasteiger partial charge on any atom is -0.478 e. The van der Waals surface area contributed by atoms with E-state index in [1.807, 2.05) is 0 Å². The number of aromatic carboxylic acids is 1. The highest BCUT2D eigenvalue weighted by Gasteiger charge is 2.34. The SMILES string of the molecule is CCCCN(C(=O)c1ncccc1C(=O)O)C1CC1. The van der Waals surface area contributed by atoms with Crippen LogP contribution in [0, 0.1) is 0 Å². The summed E-state index contributed by atoms with van der Waals surface area (Å²) in [5.41, 5.74) is 0.0349. The van der Waals surface area contributed by atoms with Crippen LogP contribution >= 0.6 is 0 Å². The van der Waals surface area contributed by atoms with Crippen LogP contribution in [0.5, 0.6) is 0 Å². The lowest BCUT2D eigenvalue weighted by molar-refractivity contribution is 0.0667. The van der Waals surface area contributed by atoms with Crippen LogP contribution < -0.4 is 0 Å². The van der Waals surface area contributed by atoms with Crippen molar-refractivity contribution < 1.29 is 14.7 Å². The number of unbranched alkanes of at least 4 members (excludes halogenated alkanes) is 1. The summed E-state index contributed by atoms with van der Waals surface area (Å²) in [6.45, 7) is 2.74. The van der Waals surface area contributed by atoms with Gasteiger partial charge < -0.3 is 10.0 Å². The first-order valence-electron chi connectivity index (χ1n) is 6.64. The van der Waals surface area contributed by atoms with Crippen LogP contribution in [0.1, 0.15) is 53.5 Å². The van der Waals surface area contributed by atoms with Gasteiger partial charge in [0.15, 0.2) is 0 Å². The zero-order chi connectivity index (χ0) is 13.8. The van der Waals surface area contributed by atoms with Gasteiger partial charge in [-0.25, -0.2) is 4.79 Å². The van der Waals surface area contributed by atoms with E-state index in [-0.39, 0.29) is 23.2 Å². The summed E-state index contributed by atoms with van der Waals surface area (Å²) >= 11 is 0. The molecule has 0 atom stereocenters. The first-order valence-corrected chi connectivity index (χ1v) is 6.64. The van der Waals surface area contributed by atoms with E-state index in [4.69, 9.17) is 5.11 Å². The molecule has 0 aromatic carbocycles. The van der Waals surface area contributed by atoms with Crippen molar-refractivity contribution in [1.29, 1.82) is 0 Å². The van der Waals surface area contributed by atoms with Crippen LogP contribution in [0.25, 0.3) is 0 Å². The smallest absolute Gasteiger partial charge is 0.338 e. The number of aromatic nitrogens is 1. The van der Waals surface area contributed by atoms with Gasteiger partial charge in [0, 0.05) is 18.8 Å². The number of carbonyl (C=O) groups is 2. The zero-order valence-electron chi connectivity index (χ0n) is 11.0. The molecule has 0 saturated heterocycles. The molecule has 1 heterocycles. The van der Waals surface area contributed by atoms with Gasteiger partial charge in [-0.2, -0.15) is 0 Å². The van der Waals surface area contributed by atoms with Crippen molar-refractivity contribution in [1.82, 2.24) is 9.88 Å². The number of rotatable bonds is 6. The summed E-state index contributed by atoms with van der Waals surface area (Å²) in [5, 5.41) is 9.12. The second-order valence-corrected chi connectivity index (χ2v) is 4.79. The Balaban J connectivity index is 2.23. The second kappa shape index (κ2) is 5.82. The summed E-state index contributed by atoms with van der Waals surface area (Å²) in [6, 6.07) is 3.23. The molecule has 1 amide bonds. The predicted octanol–water partition coefficient (Wildman–Crippen LogP) is 2.18. The Labute approximate surface area is 112 Å². The van der Waals surface area contributed by atoms with Crippen molar-refractivity contribution in [3.8, 4) is 0 Å². The molecule has 1 aliphatic carbocycles. The van der Waals surface area contributed by atoms with Crippen LogP contribution in [0.15, 0.2) is 18.3 Å². The molecule has 0 aliphatic heterocycles. The molecule has 19 heavy (non-hydrogen) atoms. The molecule has 1 fully saturated rings. The quantitative estimate of drug-likeness (QED) is 0.853. The number of amides is 1. The maximum absolute atomic E-state index is 12.5. The Morgan fingerprint density at radius 1 is 1.47 bits per heavy atom. The topological polar surface area (TPSA) is 70.5 Å². The third-order valence-electron chi connectivity index (χ3n) is 3.24. The molecule has 1 aromatic rings. The van der Waals surface area contributed by atoms with Crippen molar-refractivity contribution in [2.75, 3.05) is 6.54 Å². The number of nitrogens with zero attached hydrogens (tertiary/aromatic N) is 2. The number of carboxylic acid groups (broad SMARTS) is 1. The van der Waals surface area contributed by atoms with Crippen LogP contribution in [0.3, 0.4) is 0 Å². The molecular formula is C14H18N2O3. The summed E-state index contributed by atoms with van der Waals surface area (Å²) in [5.74, 6) is -1.36. The number of pyridine rings is 1. The maximum Gasteiger partial charge on any atom is 0.338 e. The molecule has 2 rings (SSSR count). The standard InChI is InChI=1S/C14H18N2O3/c1-2-3-9-16(10-6-7-10)13(17)12-11(14(18)19)5-4-8-15-12/h4-5,8,10H,2-3,6-7,9H2,1H3,(H,18,19). The fourth-order valence-corrected chi connectivity index (χ4v) is 2.05. The highest BCUT2D eigenvalue weighted by atomic mass is 16.4. The molecule has 102 valence electrons. The lowest BCUT2D eigenvalue weighted by atomic mass is 10.1. The molecule has 1 aromatic heterocycles. The fourth-order valence-electron chi connectivity index (χ4n) is 2.05. The Bertz CT molecular complexity index is 483. The summed E-state index contributed by atoms with van der Waals surface area (Å²) in [4.78, 5) is 29.3. The van der Waals surface area contributed by atoms with E-state index in [1.165, 1.54) is 18.3 Å². The van der Waals surface area contributed by atoms with Crippen molar-refractivity contribution >= 4 is 11.9 Å². The van der Waals surface area contributed by atoms with Crippen LogP contribution in [0.4, 0.5) is 0 Å². The minimum absolute atomic E-state index is 0.0188. The Morgan fingerprint density at radius 2 is 2.21 bits per heavy atom.